The van der Waals surface area contributed by atoms with E-state index >= 15 is 0 Å². The highest BCUT2D eigenvalue weighted by molar-refractivity contribution is 5.53. The third-order valence-electron chi connectivity index (χ3n) is 5.53. The molecule has 0 saturated carbocycles. The number of rotatable bonds is 7. The molecule has 31 heavy (non-hydrogen) atoms. The molecule has 1 aromatic carbocycles. The number of aromatic nitrogens is 4. The molecule has 1 aliphatic heterocycles. The highest BCUT2D eigenvalue weighted by Gasteiger charge is 2.26. The molecule has 1 saturated heterocycles. The average Bonchev–Trinajstić information content (AvgIpc) is 3.29. The van der Waals surface area contributed by atoms with Gasteiger partial charge in [-0.05, 0) is 50.6 Å². The van der Waals surface area contributed by atoms with Crippen molar-refractivity contribution in [1.82, 2.24) is 25.0 Å². The minimum Gasteiger partial charge on any atom is -0.493 e. The van der Waals surface area contributed by atoms with Crippen molar-refractivity contribution in [3.8, 4) is 28.8 Å². The zero-order valence-electron chi connectivity index (χ0n) is 18.3. The van der Waals surface area contributed by atoms with Crippen LogP contribution in [0.3, 0.4) is 0 Å². The molecule has 0 unspecified atom stereocenters. The smallest absolute Gasteiger partial charge is 0.278 e. The van der Waals surface area contributed by atoms with Gasteiger partial charge in [-0.2, -0.15) is 4.98 Å². The molecule has 0 N–H and O–H groups in total. The van der Waals surface area contributed by atoms with Crippen LogP contribution >= 0.6 is 0 Å². The standard InChI is InChI=1S/C22H27N5O4/c1-14-11-24-17(12-23-14)22-25-21(26-31-22)16-5-7-27(8-6-16)13-15-9-18(28-2)20(30-4)19(10-15)29-3/h9-12,16H,5-8,13H2,1-4H3. The summed E-state index contributed by atoms with van der Waals surface area (Å²) in [6.45, 7) is 4.58. The van der Waals surface area contributed by atoms with E-state index in [0.717, 1.165) is 49.6 Å². The van der Waals surface area contributed by atoms with Gasteiger partial charge in [0.2, 0.25) is 5.75 Å². The summed E-state index contributed by atoms with van der Waals surface area (Å²) in [7, 11) is 4.88. The van der Waals surface area contributed by atoms with E-state index in [2.05, 4.69) is 25.0 Å². The summed E-state index contributed by atoms with van der Waals surface area (Å²) < 4.78 is 21.8. The van der Waals surface area contributed by atoms with Crippen LogP contribution in [0.5, 0.6) is 17.2 Å². The molecule has 164 valence electrons. The van der Waals surface area contributed by atoms with Gasteiger partial charge in [0.15, 0.2) is 17.3 Å². The van der Waals surface area contributed by atoms with E-state index in [1.54, 1.807) is 33.7 Å². The second-order valence-electron chi connectivity index (χ2n) is 7.58. The van der Waals surface area contributed by atoms with Crippen LogP contribution in [-0.2, 0) is 6.54 Å². The minimum absolute atomic E-state index is 0.270. The Morgan fingerprint density at radius 2 is 1.71 bits per heavy atom. The molecule has 0 spiro atoms. The maximum Gasteiger partial charge on any atom is 0.278 e. The molecule has 0 aliphatic carbocycles. The van der Waals surface area contributed by atoms with Crippen molar-refractivity contribution in [3.63, 3.8) is 0 Å². The first-order valence-electron chi connectivity index (χ1n) is 10.2. The fourth-order valence-corrected chi connectivity index (χ4v) is 3.84. The number of methoxy groups -OCH3 is 3. The van der Waals surface area contributed by atoms with Crippen LogP contribution in [0.2, 0.25) is 0 Å². The largest absolute Gasteiger partial charge is 0.493 e. The van der Waals surface area contributed by atoms with Gasteiger partial charge in [0.25, 0.3) is 5.89 Å². The first kappa shape index (κ1) is 21.0. The Balaban J connectivity index is 1.39. The summed E-state index contributed by atoms with van der Waals surface area (Å²) in [6.07, 6.45) is 5.28. The van der Waals surface area contributed by atoms with Gasteiger partial charge in [0.05, 0.1) is 33.2 Å². The number of hydrogen-bond acceptors (Lipinski definition) is 9. The van der Waals surface area contributed by atoms with Gasteiger partial charge < -0.3 is 18.7 Å². The van der Waals surface area contributed by atoms with E-state index in [1.165, 1.54) is 0 Å². The molecule has 4 rings (SSSR count). The number of benzene rings is 1. The normalized spacial score (nSPS) is 15.1. The van der Waals surface area contributed by atoms with Crippen LogP contribution in [0.1, 0.15) is 35.8 Å². The molecule has 3 heterocycles. The fourth-order valence-electron chi connectivity index (χ4n) is 3.84. The summed E-state index contributed by atoms with van der Waals surface area (Å²) in [5, 5.41) is 4.19. The Morgan fingerprint density at radius 1 is 1.00 bits per heavy atom. The van der Waals surface area contributed by atoms with Crippen molar-refractivity contribution in [2.75, 3.05) is 34.4 Å². The monoisotopic (exact) mass is 425 g/mol. The van der Waals surface area contributed by atoms with Gasteiger partial charge in [0, 0.05) is 18.7 Å². The molecule has 3 aromatic rings. The Kier molecular flexibility index (Phi) is 6.31. The van der Waals surface area contributed by atoms with Crippen molar-refractivity contribution in [2.45, 2.75) is 32.2 Å². The van der Waals surface area contributed by atoms with Crippen molar-refractivity contribution in [2.24, 2.45) is 0 Å². The number of piperidine rings is 1. The second kappa shape index (κ2) is 9.30. The van der Waals surface area contributed by atoms with Crippen molar-refractivity contribution < 1.29 is 18.7 Å². The highest BCUT2D eigenvalue weighted by atomic mass is 16.5. The number of likely N-dealkylation sites (tertiary alicyclic amines) is 1. The Bertz CT molecular complexity index is 988. The summed E-state index contributed by atoms with van der Waals surface area (Å²) in [5.41, 5.74) is 2.57. The molecular formula is C22H27N5O4. The lowest BCUT2D eigenvalue weighted by atomic mass is 9.96. The van der Waals surface area contributed by atoms with Gasteiger partial charge in [-0.3, -0.25) is 9.88 Å². The van der Waals surface area contributed by atoms with Crippen LogP contribution in [0.25, 0.3) is 11.6 Å². The predicted octanol–water partition coefficient (Wildman–Crippen LogP) is 3.24. The number of aryl methyl sites for hydroxylation is 1. The van der Waals surface area contributed by atoms with E-state index in [0.29, 0.717) is 28.8 Å². The predicted molar refractivity (Wildman–Crippen MR) is 113 cm³/mol. The molecule has 0 amide bonds. The summed E-state index contributed by atoms with van der Waals surface area (Å²) in [5.74, 6) is 3.38. The van der Waals surface area contributed by atoms with Gasteiger partial charge in [0.1, 0.15) is 5.69 Å². The first-order chi connectivity index (χ1) is 15.1. The minimum atomic E-state index is 0.270. The first-order valence-corrected chi connectivity index (χ1v) is 10.2. The van der Waals surface area contributed by atoms with Crippen molar-refractivity contribution >= 4 is 0 Å². The van der Waals surface area contributed by atoms with Gasteiger partial charge >= 0.3 is 0 Å². The molecule has 9 heteroatoms. The third-order valence-corrected chi connectivity index (χ3v) is 5.53. The maximum atomic E-state index is 5.47. The quantitative estimate of drug-likeness (QED) is 0.565. The SMILES string of the molecule is COc1cc(CN2CCC(c3noc(-c4cnc(C)cn4)n3)CC2)cc(OC)c1OC. The lowest BCUT2D eigenvalue weighted by Crippen LogP contribution is -2.32. The lowest BCUT2D eigenvalue weighted by molar-refractivity contribution is 0.199. The molecular weight excluding hydrogens is 398 g/mol. The number of ether oxygens (including phenoxy) is 3. The van der Waals surface area contributed by atoms with Gasteiger partial charge in [-0.25, -0.2) is 4.98 Å². The molecule has 0 bridgehead atoms. The third kappa shape index (κ3) is 4.61. The summed E-state index contributed by atoms with van der Waals surface area (Å²) in [4.78, 5) is 15.5. The van der Waals surface area contributed by atoms with Crippen LogP contribution in [0.15, 0.2) is 29.0 Å². The molecule has 2 aromatic heterocycles. The molecule has 1 aliphatic rings. The van der Waals surface area contributed by atoms with Gasteiger partial charge in [-0.15, -0.1) is 0 Å². The average molecular weight is 425 g/mol. The Hall–Kier alpha value is -3.20. The number of hydrogen-bond donors (Lipinski definition) is 0. The molecule has 0 radical (unpaired) electrons. The zero-order valence-corrected chi connectivity index (χ0v) is 18.3. The van der Waals surface area contributed by atoms with Gasteiger partial charge in [-0.1, -0.05) is 5.16 Å². The number of nitrogens with zero attached hydrogens (tertiary/aromatic N) is 5. The van der Waals surface area contributed by atoms with Crippen LogP contribution < -0.4 is 14.2 Å². The van der Waals surface area contributed by atoms with E-state index in [1.807, 2.05) is 19.1 Å². The topological polar surface area (TPSA) is 95.6 Å². The zero-order chi connectivity index (χ0) is 21.8. The van der Waals surface area contributed by atoms with E-state index in [9.17, 15) is 0 Å². The van der Waals surface area contributed by atoms with Crippen LogP contribution in [0.4, 0.5) is 0 Å². The Labute approximate surface area is 181 Å². The van der Waals surface area contributed by atoms with Crippen LogP contribution in [-0.4, -0.2) is 59.4 Å². The fraction of sp³-hybridized carbons (Fsp3) is 0.455. The van der Waals surface area contributed by atoms with Crippen molar-refractivity contribution in [3.05, 3.63) is 41.6 Å². The highest BCUT2D eigenvalue weighted by Crippen LogP contribution is 2.39. The molecule has 9 nitrogen and oxygen atoms in total. The summed E-state index contributed by atoms with van der Waals surface area (Å²) >= 11 is 0. The summed E-state index contributed by atoms with van der Waals surface area (Å²) in [6, 6.07) is 4.00. The van der Waals surface area contributed by atoms with Crippen molar-refractivity contribution in [1.29, 1.82) is 0 Å². The van der Waals surface area contributed by atoms with E-state index in [-0.39, 0.29) is 5.92 Å². The Morgan fingerprint density at radius 3 is 2.29 bits per heavy atom. The van der Waals surface area contributed by atoms with Crippen LogP contribution in [0, 0.1) is 6.92 Å². The maximum absolute atomic E-state index is 5.47. The molecule has 1 fully saturated rings. The van der Waals surface area contributed by atoms with E-state index in [4.69, 9.17) is 18.7 Å². The molecule has 0 atom stereocenters. The van der Waals surface area contributed by atoms with E-state index < -0.39 is 0 Å². The second-order valence-corrected chi connectivity index (χ2v) is 7.58. The lowest BCUT2D eigenvalue weighted by Gasteiger charge is -2.30.